The summed E-state index contributed by atoms with van der Waals surface area (Å²) in [6.45, 7) is 3.93. The lowest BCUT2D eigenvalue weighted by Gasteiger charge is -2.07. The lowest BCUT2D eigenvalue weighted by Crippen LogP contribution is -2.04. The molecule has 0 atom stereocenters. The van der Waals surface area contributed by atoms with Gasteiger partial charge in [0.1, 0.15) is 11.5 Å². The molecule has 1 nitrogen and oxygen atoms in total. The van der Waals surface area contributed by atoms with E-state index in [-0.39, 0.29) is 5.92 Å². The minimum atomic E-state index is -4.33. The van der Waals surface area contributed by atoms with Crippen molar-refractivity contribution < 1.29 is 17.6 Å². The summed E-state index contributed by atoms with van der Waals surface area (Å²) in [5, 5.41) is 0. The van der Waals surface area contributed by atoms with Gasteiger partial charge in [-0.1, -0.05) is 26.0 Å². The Morgan fingerprint density at radius 2 is 1.78 bits per heavy atom. The van der Waals surface area contributed by atoms with Gasteiger partial charge in [0.15, 0.2) is 0 Å². The molecule has 0 saturated carbocycles. The van der Waals surface area contributed by atoms with E-state index in [9.17, 15) is 13.2 Å². The smallest absolute Gasteiger partial charge is 0.416 e. The van der Waals surface area contributed by atoms with E-state index in [0.29, 0.717) is 11.3 Å². The first kappa shape index (κ1) is 12.7. The molecule has 0 aliphatic rings. The summed E-state index contributed by atoms with van der Waals surface area (Å²) < 4.78 is 43.3. The first-order chi connectivity index (χ1) is 8.38. The highest BCUT2D eigenvalue weighted by Gasteiger charge is 2.30. The predicted octanol–water partition coefficient (Wildman–Crippen LogP) is 5.09. The largest absolute Gasteiger partial charge is 0.461 e. The number of hydrogen-bond acceptors (Lipinski definition) is 1. The third kappa shape index (κ3) is 2.58. The van der Waals surface area contributed by atoms with Crippen LogP contribution in [0.1, 0.15) is 31.1 Å². The summed E-state index contributed by atoms with van der Waals surface area (Å²) >= 11 is 0. The summed E-state index contributed by atoms with van der Waals surface area (Å²) in [5.41, 5.74) is -0.223. The van der Waals surface area contributed by atoms with E-state index in [4.69, 9.17) is 4.42 Å². The first-order valence-electron chi connectivity index (χ1n) is 5.65. The van der Waals surface area contributed by atoms with Crippen LogP contribution in [0.3, 0.4) is 0 Å². The number of halogens is 3. The summed E-state index contributed by atoms with van der Waals surface area (Å²) in [7, 11) is 0. The molecule has 96 valence electrons. The van der Waals surface area contributed by atoms with Crippen molar-refractivity contribution in [3.63, 3.8) is 0 Å². The molecule has 0 unspecified atom stereocenters. The average molecular weight is 254 g/mol. The molecular formula is C14H13F3O. The van der Waals surface area contributed by atoms with Gasteiger partial charge in [-0.2, -0.15) is 13.2 Å². The van der Waals surface area contributed by atoms with Gasteiger partial charge in [-0.3, -0.25) is 0 Å². The molecule has 4 heteroatoms. The van der Waals surface area contributed by atoms with Crippen molar-refractivity contribution in [1.29, 1.82) is 0 Å². The number of furan rings is 1. The molecule has 0 N–H and O–H groups in total. The predicted molar refractivity (Wildman–Crippen MR) is 63.2 cm³/mol. The van der Waals surface area contributed by atoms with Crippen molar-refractivity contribution in [2.45, 2.75) is 25.9 Å². The van der Waals surface area contributed by atoms with E-state index >= 15 is 0 Å². The number of benzene rings is 1. The van der Waals surface area contributed by atoms with Crippen molar-refractivity contribution in [1.82, 2.24) is 0 Å². The Kier molecular flexibility index (Phi) is 3.20. The Morgan fingerprint density at radius 1 is 1.06 bits per heavy atom. The first-order valence-corrected chi connectivity index (χ1v) is 5.65. The highest BCUT2D eigenvalue weighted by atomic mass is 19.4. The molecular weight excluding hydrogens is 241 g/mol. The molecule has 18 heavy (non-hydrogen) atoms. The zero-order valence-corrected chi connectivity index (χ0v) is 10.1. The van der Waals surface area contributed by atoms with Crippen molar-refractivity contribution in [3.8, 4) is 11.3 Å². The third-order valence-electron chi connectivity index (χ3n) is 2.67. The third-order valence-corrected chi connectivity index (χ3v) is 2.67. The fourth-order valence-corrected chi connectivity index (χ4v) is 1.67. The normalized spacial score (nSPS) is 12.1. The van der Waals surface area contributed by atoms with E-state index < -0.39 is 11.7 Å². The monoisotopic (exact) mass is 254 g/mol. The van der Waals surface area contributed by atoms with E-state index in [1.165, 1.54) is 6.07 Å². The molecule has 0 radical (unpaired) electrons. The van der Waals surface area contributed by atoms with E-state index in [2.05, 4.69) is 0 Å². The van der Waals surface area contributed by atoms with Gasteiger partial charge in [-0.15, -0.1) is 0 Å². The van der Waals surface area contributed by atoms with Crippen LogP contribution in [0, 0.1) is 0 Å². The van der Waals surface area contributed by atoms with Gasteiger partial charge in [0.25, 0.3) is 0 Å². The van der Waals surface area contributed by atoms with Crippen molar-refractivity contribution in [3.05, 3.63) is 47.7 Å². The van der Waals surface area contributed by atoms with E-state index in [0.717, 1.165) is 17.9 Å². The highest BCUT2D eigenvalue weighted by Crippen LogP contribution is 2.33. The quantitative estimate of drug-likeness (QED) is 0.727. The zero-order chi connectivity index (χ0) is 13.3. The Balaban J connectivity index is 2.38. The minimum absolute atomic E-state index is 0.213. The van der Waals surface area contributed by atoms with Crippen molar-refractivity contribution in [2.24, 2.45) is 0 Å². The molecule has 0 amide bonds. The molecule has 1 aromatic heterocycles. The minimum Gasteiger partial charge on any atom is -0.461 e. The lowest BCUT2D eigenvalue weighted by atomic mass is 10.1. The Labute approximate surface area is 103 Å². The summed E-state index contributed by atoms with van der Waals surface area (Å²) in [6, 6.07) is 8.64. The zero-order valence-electron chi connectivity index (χ0n) is 10.1. The van der Waals surface area contributed by atoms with Gasteiger partial charge in [-0.05, 0) is 24.3 Å². The molecule has 0 spiro atoms. The Hall–Kier alpha value is -1.71. The van der Waals surface area contributed by atoms with Crippen LogP contribution in [0.2, 0.25) is 0 Å². The lowest BCUT2D eigenvalue weighted by molar-refractivity contribution is -0.137. The van der Waals surface area contributed by atoms with Crippen LogP contribution in [-0.4, -0.2) is 0 Å². The fraction of sp³-hybridized carbons (Fsp3) is 0.286. The van der Waals surface area contributed by atoms with Gasteiger partial charge in [0.05, 0.1) is 5.56 Å². The van der Waals surface area contributed by atoms with Gasteiger partial charge in [-0.25, -0.2) is 0 Å². The molecule has 2 rings (SSSR count). The van der Waals surface area contributed by atoms with Crippen LogP contribution in [0.25, 0.3) is 11.3 Å². The van der Waals surface area contributed by atoms with Gasteiger partial charge in [0, 0.05) is 11.5 Å². The van der Waals surface area contributed by atoms with Crippen LogP contribution in [0.15, 0.2) is 40.8 Å². The second kappa shape index (κ2) is 4.52. The van der Waals surface area contributed by atoms with Gasteiger partial charge < -0.3 is 4.42 Å². The average Bonchev–Trinajstić information content (AvgIpc) is 2.77. The summed E-state index contributed by atoms with van der Waals surface area (Å²) in [6.07, 6.45) is -4.33. The SMILES string of the molecule is CC(C)c1ccc(-c2cccc(C(F)(F)F)c2)o1. The maximum Gasteiger partial charge on any atom is 0.416 e. The topological polar surface area (TPSA) is 13.1 Å². The molecule has 0 fully saturated rings. The molecule has 0 saturated heterocycles. The van der Waals surface area contributed by atoms with Gasteiger partial charge in [0.2, 0.25) is 0 Å². The summed E-state index contributed by atoms with van der Waals surface area (Å²) in [5.74, 6) is 1.44. The van der Waals surface area contributed by atoms with Crippen LogP contribution < -0.4 is 0 Å². The van der Waals surface area contributed by atoms with Crippen molar-refractivity contribution >= 4 is 0 Å². The maximum atomic E-state index is 12.6. The fourth-order valence-electron chi connectivity index (χ4n) is 1.67. The second-order valence-electron chi connectivity index (χ2n) is 4.44. The van der Waals surface area contributed by atoms with E-state index in [1.54, 1.807) is 18.2 Å². The van der Waals surface area contributed by atoms with Gasteiger partial charge >= 0.3 is 6.18 Å². The Bertz CT molecular complexity index is 538. The number of rotatable bonds is 2. The number of hydrogen-bond donors (Lipinski definition) is 0. The molecule has 0 bridgehead atoms. The summed E-state index contributed by atoms with van der Waals surface area (Å²) in [4.78, 5) is 0. The standard InChI is InChI=1S/C14H13F3O/c1-9(2)12-6-7-13(18-12)10-4-3-5-11(8-10)14(15,16)17/h3-9H,1-2H3. The van der Waals surface area contributed by atoms with Crippen LogP contribution in [0.4, 0.5) is 13.2 Å². The van der Waals surface area contributed by atoms with Crippen LogP contribution >= 0.6 is 0 Å². The number of alkyl halides is 3. The Morgan fingerprint density at radius 3 is 2.33 bits per heavy atom. The molecule has 0 aliphatic heterocycles. The van der Waals surface area contributed by atoms with Crippen molar-refractivity contribution in [2.75, 3.05) is 0 Å². The molecule has 2 aromatic rings. The molecule has 1 aromatic carbocycles. The highest BCUT2D eigenvalue weighted by molar-refractivity contribution is 5.59. The second-order valence-corrected chi connectivity index (χ2v) is 4.44. The molecule has 1 heterocycles. The van der Waals surface area contributed by atoms with E-state index in [1.807, 2.05) is 13.8 Å². The van der Waals surface area contributed by atoms with Crippen LogP contribution in [-0.2, 0) is 6.18 Å². The van der Waals surface area contributed by atoms with Crippen LogP contribution in [0.5, 0.6) is 0 Å². The molecule has 0 aliphatic carbocycles. The maximum absolute atomic E-state index is 12.6.